The fraction of sp³-hybridized carbons (Fsp3) is 0.643. The number of rotatable bonds is 6. The minimum Gasteiger partial charge on any atom is -0.384 e. The van der Waals surface area contributed by atoms with Crippen LogP contribution in [-0.2, 0) is 14.8 Å². The second kappa shape index (κ2) is 7.20. The van der Waals surface area contributed by atoms with Gasteiger partial charge >= 0.3 is 0 Å². The van der Waals surface area contributed by atoms with E-state index in [0.717, 1.165) is 12.8 Å². The second-order valence-corrected chi connectivity index (χ2v) is 7.04. The van der Waals surface area contributed by atoms with Gasteiger partial charge in [-0.25, -0.2) is 13.4 Å². The molecule has 118 valence electrons. The summed E-state index contributed by atoms with van der Waals surface area (Å²) in [4.78, 5) is 4.08. The third kappa shape index (κ3) is 3.72. The summed E-state index contributed by atoms with van der Waals surface area (Å²) in [5, 5.41) is 3.18. The summed E-state index contributed by atoms with van der Waals surface area (Å²) in [6.45, 7) is 4.33. The molecule has 2 rings (SSSR count). The number of ether oxygens (including phenoxy) is 1. The van der Waals surface area contributed by atoms with Crippen molar-refractivity contribution in [2.45, 2.75) is 24.8 Å². The number of sulfonamides is 1. The van der Waals surface area contributed by atoms with Gasteiger partial charge in [-0.3, -0.25) is 0 Å². The first kappa shape index (κ1) is 16.2. The highest BCUT2D eigenvalue weighted by Crippen LogP contribution is 2.26. The monoisotopic (exact) mass is 313 g/mol. The van der Waals surface area contributed by atoms with Gasteiger partial charge in [0, 0.05) is 39.5 Å². The average Bonchev–Trinajstić information content (AvgIpc) is 2.49. The number of nitrogens with zero attached hydrogens (tertiary/aromatic N) is 2. The van der Waals surface area contributed by atoms with E-state index in [1.54, 1.807) is 19.2 Å². The Labute approximate surface area is 126 Å². The van der Waals surface area contributed by atoms with Crippen molar-refractivity contribution in [2.24, 2.45) is 5.92 Å². The summed E-state index contributed by atoms with van der Waals surface area (Å²) in [5.74, 6) is 0.443. The molecule has 0 radical (unpaired) electrons. The molecule has 0 spiro atoms. The second-order valence-electron chi connectivity index (χ2n) is 5.19. The molecule has 21 heavy (non-hydrogen) atoms. The lowest BCUT2D eigenvalue weighted by Gasteiger charge is -2.30. The molecule has 0 aromatic carbocycles. The van der Waals surface area contributed by atoms with Gasteiger partial charge in [0.15, 0.2) is 5.03 Å². The minimum atomic E-state index is -3.53. The summed E-state index contributed by atoms with van der Waals surface area (Å²) < 4.78 is 32.2. The van der Waals surface area contributed by atoms with Crippen LogP contribution in [0.2, 0.25) is 0 Å². The maximum atomic E-state index is 12.7. The summed E-state index contributed by atoms with van der Waals surface area (Å²) in [6.07, 6.45) is 3.18. The highest BCUT2D eigenvalue weighted by Gasteiger charge is 2.31. The van der Waals surface area contributed by atoms with Crippen LogP contribution in [0.1, 0.15) is 19.8 Å². The third-order valence-corrected chi connectivity index (χ3v) is 5.56. The summed E-state index contributed by atoms with van der Waals surface area (Å²) in [5.41, 5.74) is 0.569. The van der Waals surface area contributed by atoms with Crippen molar-refractivity contribution < 1.29 is 13.2 Å². The molecule has 6 nitrogen and oxygen atoms in total. The Morgan fingerprint density at radius 3 is 2.76 bits per heavy atom. The van der Waals surface area contributed by atoms with Gasteiger partial charge in [0.05, 0.1) is 5.69 Å². The van der Waals surface area contributed by atoms with E-state index < -0.39 is 10.0 Å². The number of pyridine rings is 1. The zero-order valence-electron chi connectivity index (χ0n) is 12.6. The van der Waals surface area contributed by atoms with Crippen LogP contribution in [0.4, 0.5) is 5.69 Å². The van der Waals surface area contributed by atoms with Crippen molar-refractivity contribution >= 4 is 15.7 Å². The molecule has 0 atom stereocenters. The molecule has 0 saturated carbocycles. The van der Waals surface area contributed by atoms with Gasteiger partial charge in [-0.15, -0.1) is 0 Å². The van der Waals surface area contributed by atoms with Gasteiger partial charge in [0.1, 0.15) is 0 Å². The summed E-state index contributed by atoms with van der Waals surface area (Å²) >= 11 is 0. The average molecular weight is 313 g/mol. The maximum Gasteiger partial charge on any atom is 0.262 e. The third-order valence-electron chi connectivity index (χ3n) is 3.70. The lowest BCUT2D eigenvalue weighted by molar-refractivity contribution is 0.121. The molecule has 0 unspecified atom stereocenters. The van der Waals surface area contributed by atoms with Crippen LogP contribution >= 0.6 is 0 Å². The number of piperidine rings is 1. The van der Waals surface area contributed by atoms with Crippen molar-refractivity contribution in [2.75, 3.05) is 38.7 Å². The summed E-state index contributed by atoms with van der Waals surface area (Å²) in [6, 6.07) is 3.49. The first-order valence-corrected chi connectivity index (χ1v) is 8.71. The SMILES string of the molecule is CCNc1cccnc1S(=O)(=O)N1CCC(COC)CC1. The van der Waals surface area contributed by atoms with Crippen molar-refractivity contribution in [1.82, 2.24) is 9.29 Å². The van der Waals surface area contributed by atoms with Crippen LogP contribution < -0.4 is 5.32 Å². The van der Waals surface area contributed by atoms with E-state index in [4.69, 9.17) is 4.74 Å². The quantitative estimate of drug-likeness (QED) is 0.863. The van der Waals surface area contributed by atoms with Crippen LogP contribution in [0.15, 0.2) is 23.4 Å². The minimum absolute atomic E-state index is 0.122. The summed E-state index contributed by atoms with van der Waals surface area (Å²) in [7, 11) is -1.85. The topological polar surface area (TPSA) is 71.5 Å². The molecule has 1 N–H and O–H groups in total. The largest absolute Gasteiger partial charge is 0.384 e. The van der Waals surface area contributed by atoms with E-state index in [9.17, 15) is 8.42 Å². The molecule has 1 aromatic rings. The zero-order valence-corrected chi connectivity index (χ0v) is 13.4. The van der Waals surface area contributed by atoms with Crippen LogP contribution in [0.3, 0.4) is 0 Å². The predicted molar refractivity (Wildman–Crippen MR) is 81.8 cm³/mol. The smallest absolute Gasteiger partial charge is 0.262 e. The van der Waals surface area contributed by atoms with E-state index in [1.807, 2.05) is 6.92 Å². The predicted octanol–water partition coefficient (Wildman–Crippen LogP) is 1.56. The van der Waals surface area contributed by atoms with Crippen LogP contribution in [0.25, 0.3) is 0 Å². The Bertz CT molecular complexity index is 554. The Morgan fingerprint density at radius 2 is 2.14 bits per heavy atom. The Hall–Kier alpha value is -1.18. The molecule has 1 aromatic heterocycles. The van der Waals surface area contributed by atoms with Gasteiger partial charge < -0.3 is 10.1 Å². The Kier molecular flexibility index (Phi) is 5.55. The lowest BCUT2D eigenvalue weighted by Crippen LogP contribution is -2.39. The number of anilines is 1. The van der Waals surface area contributed by atoms with E-state index in [-0.39, 0.29) is 5.03 Å². The molecule has 1 aliphatic heterocycles. The standard InChI is InChI=1S/C14H23N3O3S/c1-3-15-13-5-4-8-16-14(13)21(18,19)17-9-6-12(7-10-17)11-20-2/h4-5,8,12,15H,3,6-7,9-11H2,1-2H3. The van der Waals surface area contributed by atoms with Gasteiger partial charge in [-0.05, 0) is 37.8 Å². The fourth-order valence-corrected chi connectivity index (χ4v) is 4.14. The molecular formula is C14H23N3O3S. The Morgan fingerprint density at radius 1 is 1.43 bits per heavy atom. The van der Waals surface area contributed by atoms with Gasteiger partial charge in [-0.2, -0.15) is 4.31 Å². The first-order chi connectivity index (χ1) is 10.1. The molecule has 0 amide bonds. The molecular weight excluding hydrogens is 290 g/mol. The van der Waals surface area contributed by atoms with Crippen LogP contribution in [-0.4, -0.2) is 51.1 Å². The normalized spacial score (nSPS) is 17.8. The molecule has 7 heteroatoms. The van der Waals surface area contributed by atoms with Gasteiger partial charge in [0.25, 0.3) is 10.0 Å². The highest BCUT2D eigenvalue weighted by atomic mass is 32.2. The van der Waals surface area contributed by atoms with E-state index >= 15 is 0 Å². The van der Waals surface area contributed by atoms with Crippen molar-refractivity contribution in [1.29, 1.82) is 0 Å². The lowest BCUT2D eigenvalue weighted by atomic mass is 9.99. The van der Waals surface area contributed by atoms with E-state index in [2.05, 4.69) is 10.3 Å². The number of aromatic nitrogens is 1. The number of nitrogens with one attached hydrogen (secondary N) is 1. The van der Waals surface area contributed by atoms with Crippen molar-refractivity contribution in [3.8, 4) is 0 Å². The molecule has 0 bridgehead atoms. The fourth-order valence-electron chi connectivity index (χ4n) is 2.60. The number of methoxy groups -OCH3 is 1. The van der Waals surface area contributed by atoms with Crippen molar-refractivity contribution in [3.63, 3.8) is 0 Å². The molecule has 2 heterocycles. The van der Waals surface area contributed by atoms with Gasteiger partial charge in [-0.1, -0.05) is 0 Å². The Balaban J connectivity index is 2.16. The molecule has 0 aliphatic carbocycles. The molecule has 1 aliphatic rings. The van der Waals surface area contributed by atoms with Crippen molar-refractivity contribution in [3.05, 3.63) is 18.3 Å². The molecule has 1 saturated heterocycles. The van der Waals surface area contributed by atoms with E-state index in [1.165, 1.54) is 10.5 Å². The maximum absolute atomic E-state index is 12.7. The number of hydrogen-bond donors (Lipinski definition) is 1. The van der Waals surface area contributed by atoms with Gasteiger partial charge in [0.2, 0.25) is 0 Å². The number of hydrogen-bond acceptors (Lipinski definition) is 5. The first-order valence-electron chi connectivity index (χ1n) is 7.27. The molecule has 1 fully saturated rings. The highest BCUT2D eigenvalue weighted by molar-refractivity contribution is 7.89. The van der Waals surface area contributed by atoms with E-state index in [0.29, 0.717) is 37.8 Å². The van der Waals surface area contributed by atoms with Crippen LogP contribution in [0, 0.1) is 5.92 Å². The van der Waals surface area contributed by atoms with Crippen LogP contribution in [0.5, 0.6) is 0 Å². The zero-order chi connectivity index (χ0) is 15.3.